The number of carbonyl (C=O) groups excluding carboxylic acids is 1. The lowest BCUT2D eigenvalue weighted by molar-refractivity contribution is 0.00578. The van der Waals surface area contributed by atoms with E-state index in [1.165, 1.54) is 14.0 Å². The van der Waals surface area contributed by atoms with Crippen molar-refractivity contribution >= 4 is 18.4 Å². The fourth-order valence-electron chi connectivity index (χ4n) is 1.96. The van der Waals surface area contributed by atoms with Crippen molar-refractivity contribution in [3.05, 3.63) is 17.8 Å². The van der Waals surface area contributed by atoms with Crippen molar-refractivity contribution in [3.63, 3.8) is 0 Å². The van der Waals surface area contributed by atoms with Crippen LogP contribution in [-0.4, -0.2) is 36.2 Å². The lowest BCUT2D eigenvalue weighted by Gasteiger charge is -2.32. The highest BCUT2D eigenvalue weighted by Gasteiger charge is 2.52. The number of ether oxygens (including phenoxy) is 1. The van der Waals surface area contributed by atoms with Crippen LogP contribution in [0.5, 0.6) is 5.88 Å². The Morgan fingerprint density at radius 1 is 1.20 bits per heavy atom. The monoisotopic (exact) mass is 277 g/mol. The highest BCUT2D eigenvalue weighted by Crippen LogP contribution is 2.37. The van der Waals surface area contributed by atoms with Crippen LogP contribution in [0.1, 0.15) is 45.1 Å². The number of nitrogens with zero attached hydrogens (tertiary/aromatic N) is 1. The van der Waals surface area contributed by atoms with E-state index in [4.69, 9.17) is 14.0 Å². The van der Waals surface area contributed by atoms with Crippen LogP contribution in [0.4, 0.5) is 0 Å². The molecule has 0 aromatic carbocycles. The number of carbonyl (C=O) groups is 1. The molecule has 0 saturated carbocycles. The van der Waals surface area contributed by atoms with Crippen LogP contribution in [0.25, 0.3) is 0 Å². The van der Waals surface area contributed by atoms with Crippen LogP contribution < -0.4 is 10.2 Å². The van der Waals surface area contributed by atoms with Crippen LogP contribution in [0, 0.1) is 0 Å². The van der Waals surface area contributed by atoms with Gasteiger partial charge in [-0.15, -0.1) is 0 Å². The molecule has 6 heteroatoms. The highest BCUT2D eigenvalue weighted by molar-refractivity contribution is 6.63. The van der Waals surface area contributed by atoms with E-state index in [2.05, 4.69) is 4.98 Å². The number of pyridine rings is 1. The molecule has 0 N–H and O–H groups in total. The van der Waals surface area contributed by atoms with E-state index < -0.39 is 18.3 Å². The van der Waals surface area contributed by atoms with Gasteiger partial charge in [-0.1, -0.05) is 6.07 Å². The summed E-state index contributed by atoms with van der Waals surface area (Å²) < 4.78 is 17.2. The number of hydrogen-bond acceptors (Lipinski definition) is 5. The third-order valence-electron chi connectivity index (χ3n) is 3.95. The Hall–Kier alpha value is -1.40. The highest BCUT2D eigenvalue weighted by atomic mass is 16.7. The zero-order valence-corrected chi connectivity index (χ0v) is 12.8. The molecule has 0 bridgehead atoms. The van der Waals surface area contributed by atoms with E-state index in [-0.39, 0.29) is 5.78 Å². The predicted octanol–water partition coefficient (Wildman–Crippen LogP) is 1.59. The Morgan fingerprint density at radius 2 is 1.75 bits per heavy atom. The Labute approximate surface area is 119 Å². The van der Waals surface area contributed by atoms with Crippen molar-refractivity contribution in [2.45, 2.75) is 45.8 Å². The van der Waals surface area contributed by atoms with Gasteiger partial charge in [-0.2, -0.15) is 0 Å². The first-order valence-electron chi connectivity index (χ1n) is 6.59. The SMILES string of the molecule is COc1nc(C(C)=O)ccc1B1OC(C)(C)C(C)(C)O1. The van der Waals surface area contributed by atoms with Gasteiger partial charge in [0.25, 0.3) is 0 Å². The van der Waals surface area contributed by atoms with Crippen molar-refractivity contribution in [1.82, 2.24) is 4.98 Å². The van der Waals surface area contributed by atoms with Crippen molar-refractivity contribution in [1.29, 1.82) is 0 Å². The maximum atomic E-state index is 11.4. The molecule has 0 unspecified atom stereocenters. The molecular formula is C14H20BNO4. The normalized spacial score (nSPS) is 20.0. The molecule has 2 rings (SSSR count). The minimum atomic E-state index is -0.552. The average Bonchev–Trinajstić information content (AvgIpc) is 2.57. The lowest BCUT2D eigenvalue weighted by atomic mass is 9.79. The predicted molar refractivity (Wildman–Crippen MR) is 76.5 cm³/mol. The second-order valence-corrected chi connectivity index (χ2v) is 5.94. The van der Waals surface area contributed by atoms with Crippen molar-refractivity contribution in [2.24, 2.45) is 0 Å². The zero-order valence-electron chi connectivity index (χ0n) is 12.8. The largest absolute Gasteiger partial charge is 0.500 e. The van der Waals surface area contributed by atoms with Gasteiger partial charge in [0.1, 0.15) is 5.69 Å². The van der Waals surface area contributed by atoms with E-state index in [0.717, 1.165) is 0 Å². The minimum Gasteiger partial charge on any atom is -0.481 e. The molecule has 0 spiro atoms. The molecule has 5 nitrogen and oxygen atoms in total. The minimum absolute atomic E-state index is 0.108. The molecule has 1 aromatic heterocycles. The maximum absolute atomic E-state index is 11.4. The van der Waals surface area contributed by atoms with Gasteiger partial charge in [0, 0.05) is 12.4 Å². The van der Waals surface area contributed by atoms with Gasteiger partial charge < -0.3 is 14.0 Å². The first-order valence-corrected chi connectivity index (χ1v) is 6.59. The molecule has 108 valence electrons. The number of rotatable bonds is 3. The quantitative estimate of drug-likeness (QED) is 0.620. The fraction of sp³-hybridized carbons (Fsp3) is 0.571. The molecule has 2 heterocycles. The van der Waals surface area contributed by atoms with Crippen molar-refractivity contribution < 1.29 is 18.8 Å². The molecule has 0 atom stereocenters. The average molecular weight is 277 g/mol. The molecule has 1 saturated heterocycles. The number of Topliss-reactive ketones (excluding diaryl/α,β-unsaturated/α-hetero) is 1. The zero-order chi connectivity index (χ0) is 15.1. The summed E-state index contributed by atoms with van der Waals surface area (Å²) in [6, 6.07) is 3.43. The van der Waals surface area contributed by atoms with Crippen LogP contribution in [0.15, 0.2) is 12.1 Å². The summed E-state index contributed by atoms with van der Waals surface area (Å²) in [7, 11) is 0.963. The molecule has 0 amide bonds. The molecule has 1 aliphatic rings. The number of hydrogen-bond donors (Lipinski definition) is 0. The summed E-state index contributed by atoms with van der Waals surface area (Å²) in [6.07, 6.45) is 0. The molecule has 1 fully saturated rings. The summed E-state index contributed by atoms with van der Waals surface area (Å²) in [5.41, 5.74) is 0.197. The smallest absolute Gasteiger partial charge is 0.481 e. The number of ketones is 1. The van der Waals surface area contributed by atoms with Crippen LogP contribution in [0.3, 0.4) is 0 Å². The Bertz CT molecular complexity index is 526. The number of aromatic nitrogens is 1. The van der Waals surface area contributed by atoms with Gasteiger partial charge in [-0.3, -0.25) is 4.79 Å². The fourth-order valence-corrected chi connectivity index (χ4v) is 1.96. The second kappa shape index (κ2) is 4.86. The van der Waals surface area contributed by atoms with Crippen LogP contribution >= 0.6 is 0 Å². The summed E-state index contributed by atoms with van der Waals surface area (Å²) >= 11 is 0. The Morgan fingerprint density at radius 3 is 2.20 bits per heavy atom. The lowest BCUT2D eigenvalue weighted by Crippen LogP contribution is -2.41. The molecule has 1 aliphatic heterocycles. The third kappa shape index (κ3) is 2.45. The Kier molecular flexibility index (Phi) is 3.65. The molecule has 1 aromatic rings. The van der Waals surface area contributed by atoms with Crippen LogP contribution in [0.2, 0.25) is 0 Å². The topological polar surface area (TPSA) is 57.7 Å². The first-order chi connectivity index (χ1) is 9.18. The molecule has 20 heavy (non-hydrogen) atoms. The van der Waals surface area contributed by atoms with Crippen molar-refractivity contribution in [3.8, 4) is 5.88 Å². The summed E-state index contributed by atoms with van der Waals surface area (Å²) in [5.74, 6) is 0.250. The molecule has 0 aliphatic carbocycles. The van der Waals surface area contributed by atoms with Gasteiger partial charge in [-0.05, 0) is 33.8 Å². The van der Waals surface area contributed by atoms with Gasteiger partial charge in [0.15, 0.2) is 5.78 Å². The van der Waals surface area contributed by atoms with Gasteiger partial charge in [0.2, 0.25) is 5.88 Å². The van der Waals surface area contributed by atoms with Gasteiger partial charge in [0.05, 0.1) is 18.3 Å². The van der Waals surface area contributed by atoms with E-state index in [1.54, 1.807) is 12.1 Å². The van der Waals surface area contributed by atoms with E-state index in [1.807, 2.05) is 27.7 Å². The maximum Gasteiger partial charge on any atom is 0.500 e. The van der Waals surface area contributed by atoms with Crippen LogP contribution in [-0.2, 0) is 9.31 Å². The summed E-state index contributed by atoms with van der Waals surface area (Å²) in [6.45, 7) is 9.40. The summed E-state index contributed by atoms with van der Waals surface area (Å²) in [5, 5.41) is 0. The van der Waals surface area contributed by atoms with E-state index in [0.29, 0.717) is 17.0 Å². The third-order valence-corrected chi connectivity index (χ3v) is 3.95. The Balaban J connectivity index is 2.37. The molecular weight excluding hydrogens is 257 g/mol. The van der Waals surface area contributed by atoms with Gasteiger partial charge >= 0.3 is 7.12 Å². The van der Waals surface area contributed by atoms with Crippen molar-refractivity contribution in [2.75, 3.05) is 7.11 Å². The second-order valence-electron chi connectivity index (χ2n) is 5.94. The summed E-state index contributed by atoms with van der Waals surface area (Å²) in [4.78, 5) is 15.6. The van der Waals surface area contributed by atoms with Gasteiger partial charge in [-0.25, -0.2) is 4.98 Å². The van der Waals surface area contributed by atoms with E-state index >= 15 is 0 Å². The standard InChI is InChI=1S/C14H20BNO4/c1-9(17)11-8-7-10(12(16-11)18-6)15-19-13(2,3)14(4,5)20-15/h7-8H,1-6H3. The molecule has 0 radical (unpaired) electrons. The number of methoxy groups -OCH3 is 1. The first kappa shape index (κ1) is 15.0. The van der Waals surface area contributed by atoms with E-state index in [9.17, 15) is 4.79 Å².